The van der Waals surface area contributed by atoms with Crippen molar-refractivity contribution < 1.29 is 14.3 Å². The molecule has 0 bridgehead atoms. The third kappa shape index (κ3) is 3.84. The standard InChI is InChI=1S/C20H22N6O3/c1-24-18(16(12-21-24)20(28)25-9-3-10-25)19(27)22-17-8-11-26(23-17)13-14-4-6-15(29-2)7-5-14/h4-8,11-12H,3,9-10,13H2,1-2H3,(H,22,23,27). The van der Waals surface area contributed by atoms with Crippen LogP contribution in [0.25, 0.3) is 0 Å². The molecule has 1 fully saturated rings. The fraction of sp³-hybridized carbons (Fsp3) is 0.300. The second-order valence-electron chi connectivity index (χ2n) is 6.88. The summed E-state index contributed by atoms with van der Waals surface area (Å²) in [6.45, 7) is 1.99. The van der Waals surface area contributed by atoms with Gasteiger partial charge in [0.2, 0.25) is 0 Å². The maximum atomic E-state index is 12.8. The topological polar surface area (TPSA) is 94.3 Å². The zero-order chi connectivity index (χ0) is 20.4. The van der Waals surface area contributed by atoms with Crippen LogP contribution in [0.1, 0.15) is 32.8 Å². The van der Waals surface area contributed by atoms with Gasteiger partial charge in [-0.25, -0.2) is 0 Å². The molecule has 0 aliphatic carbocycles. The summed E-state index contributed by atoms with van der Waals surface area (Å²) in [4.78, 5) is 27.0. The Hall–Kier alpha value is -3.62. The molecule has 9 nitrogen and oxygen atoms in total. The Morgan fingerprint density at radius 2 is 1.93 bits per heavy atom. The van der Waals surface area contributed by atoms with Gasteiger partial charge >= 0.3 is 0 Å². The number of anilines is 1. The third-order valence-electron chi connectivity index (χ3n) is 4.91. The molecule has 0 saturated carbocycles. The highest BCUT2D eigenvalue weighted by Crippen LogP contribution is 2.17. The van der Waals surface area contributed by atoms with Crippen LogP contribution in [-0.2, 0) is 13.6 Å². The lowest BCUT2D eigenvalue weighted by atomic mass is 10.1. The van der Waals surface area contributed by atoms with Crippen LogP contribution in [0.3, 0.4) is 0 Å². The van der Waals surface area contributed by atoms with Crippen LogP contribution in [0.5, 0.6) is 5.75 Å². The molecule has 1 aliphatic heterocycles. The van der Waals surface area contributed by atoms with Crippen LogP contribution in [-0.4, -0.2) is 56.5 Å². The first-order chi connectivity index (χ1) is 14.0. The lowest BCUT2D eigenvalue weighted by molar-refractivity contribution is 0.0648. The number of rotatable bonds is 6. The van der Waals surface area contributed by atoms with Crippen LogP contribution in [0, 0.1) is 0 Å². The molecular weight excluding hydrogens is 372 g/mol. The van der Waals surface area contributed by atoms with Crippen LogP contribution in [0.2, 0.25) is 0 Å². The molecule has 2 aromatic heterocycles. The molecule has 29 heavy (non-hydrogen) atoms. The Balaban J connectivity index is 1.45. The average molecular weight is 394 g/mol. The molecule has 0 unspecified atom stereocenters. The number of aryl methyl sites for hydroxylation is 1. The molecule has 1 saturated heterocycles. The summed E-state index contributed by atoms with van der Waals surface area (Å²) < 4.78 is 8.30. The van der Waals surface area contributed by atoms with E-state index in [1.54, 1.807) is 36.0 Å². The van der Waals surface area contributed by atoms with Crippen LogP contribution >= 0.6 is 0 Å². The first-order valence-electron chi connectivity index (χ1n) is 9.34. The van der Waals surface area contributed by atoms with Crippen LogP contribution in [0.4, 0.5) is 5.82 Å². The third-order valence-corrected chi connectivity index (χ3v) is 4.91. The minimum Gasteiger partial charge on any atom is -0.497 e. The fourth-order valence-electron chi connectivity index (χ4n) is 3.16. The number of amides is 2. The summed E-state index contributed by atoms with van der Waals surface area (Å²) in [5.74, 6) is 0.622. The monoisotopic (exact) mass is 394 g/mol. The van der Waals surface area contributed by atoms with Crippen molar-refractivity contribution in [1.82, 2.24) is 24.5 Å². The zero-order valence-electron chi connectivity index (χ0n) is 16.3. The molecule has 3 aromatic rings. The van der Waals surface area contributed by atoms with E-state index < -0.39 is 5.91 Å². The van der Waals surface area contributed by atoms with Gasteiger partial charge < -0.3 is 15.0 Å². The van der Waals surface area contributed by atoms with Crippen molar-refractivity contribution in [3.8, 4) is 5.75 Å². The maximum Gasteiger partial charge on any atom is 0.275 e. The number of hydrogen-bond acceptors (Lipinski definition) is 5. The molecule has 3 heterocycles. The Morgan fingerprint density at radius 3 is 2.59 bits per heavy atom. The molecule has 0 radical (unpaired) electrons. The van der Waals surface area contributed by atoms with E-state index in [0.717, 1.165) is 17.7 Å². The molecule has 0 spiro atoms. The van der Waals surface area contributed by atoms with Crippen molar-refractivity contribution in [2.45, 2.75) is 13.0 Å². The number of nitrogens with one attached hydrogen (secondary N) is 1. The van der Waals surface area contributed by atoms with Crippen molar-refractivity contribution in [3.63, 3.8) is 0 Å². The zero-order valence-corrected chi connectivity index (χ0v) is 16.3. The van der Waals surface area contributed by atoms with Gasteiger partial charge in [-0.05, 0) is 24.1 Å². The maximum absolute atomic E-state index is 12.8. The summed E-state index contributed by atoms with van der Waals surface area (Å²) in [6, 6.07) is 9.42. The van der Waals surface area contributed by atoms with E-state index in [2.05, 4.69) is 15.5 Å². The number of carbonyl (C=O) groups excluding carboxylic acids is 2. The van der Waals surface area contributed by atoms with E-state index in [0.29, 0.717) is 31.0 Å². The summed E-state index contributed by atoms with van der Waals surface area (Å²) in [7, 11) is 3.27. The average Bonchev–Trinajstić information content (AvgIpc) is 3.27. The van der Waals surface area contributed by atoms with E-state index >= 15 is 0 Å². The molecule has 1 N–H and O–H groups in total. The first kappa shape index (κ1) is 18.7. The van der Waals surface area contributed by atoms with Gasteiger partial charge in [0.15, 0.2) is 5.82 Å². The van der Waals surface area contributed by atoms with E-state index in [1.807, 2.05) is 24.3 Å². The van der Waals surface area contributed by atoms with E-state index in [-0.39, 0.29) is 11.6 Å². The number of hydrogen-bond donors (Lipinski definition) is 1. The molecule has 150 valence electrons. The predicted molar refractivity (Wildman–Crippen MR) is 106 cm³/mol. The molecule has 4 rings (SSSR count). The summed E-state index contributed by atoms with van der Waals surface area (Å²) in [6.07, 6.45) is 4.21. The largest absolute Gasteiger partial charge is 0.497 e. The Kier molecular flexibility index (Phi) is 5.03. The number of benzene rings is 1. The number of aromatic nitrogens is 4. The Morgan fingerprint density at radius 1 is 1.17 bits per heavy atom. The molecular formula is C20H22N6O3. The summed E-state index contributed by atoms with van der Waals surface area (Å²) in [5, 5.41) is 11.2. The molecule has 0 atom stereocenters. The van der Waals surface area contributed by atoms with Gasteiger partial charge in [0.25, 0.3) is 11.8 Å². The van der Waals surface area contributed by atoms with E-state index in [4.69, 9.17) is 4.74 Å². The molecule has 9 heteroatoms. The minimum absolute atomic E-state index is 0.167. The normalized spacial score (nSPS) is 13.1. The second kappa shape index (κ2) is 7.78. The fourth-order valence-corrected chi connectivity index (χ4v) is 3.16. The first-order valence-corrected chi connectivity index (χ1v) is 9.34. The van der Waals surface area contributed by atoms with Crippen molar-refractivity contribution in [3.05, 3.63) is 59.5 Å². The number of methoxy groups -OCH3 is 1. The van der Waals surface area contributed by atoms with Gasteiger partial charge in [-0.2, -0.15) is 10.2 Å². The number of likely N-dealkylation sites (tertiary alicyclic amines) is 1. The van der Waals surface area contributed by atoms with Crippen LogP contribution < -0.4 is 10.1 Å². The molecule has 1 aliphatic rings. The Bertz CT molecular complexity index is 1030. The highest BCUT2D eigenvalue weighted by Gasteiger charge is 2.28. The second-order valence-corrected chi connectivity index (χ2v) is 6.88. The number of carbonyl (C=O) groups is 2. The van der Waals surface area contributed by atoms with Crippen LogP contribution in [0.15, 0.2) is 42.7 Å². The predicted octanol–water partition coefficient (Wildman–Crippen LogP) is 1.77. The van der Waals surface area contributed by atoms with Crippen molar-refractivity contribution in [2.75, 3.05) is 25.5 Å². The SMILES string of the molecule is COc1ccc(Cn2ccc(NC(=O)c3c(C(=O)N4CCC4)cnn3C)n2)cc1. The smallest absolute Gasteiger partial charge is 0.275 e. The summed E-state index contributed by atoms with van der Waals surface area (Å²) >= 11 is 0. The lowest BCUT2D eigenvalue weighted by Crippen LogP contribution is -2.42. The van der Waals surface area contributed by atoms with Crippen molar-refractivity contribution in [1.29, 1.82) is 0 Å². The minimum atomic E-state index is -0.413. The van der Waals surface area contributed by atoms with E-state index in [1.165, 1.54) is 10.9 Å². The van der Waals surface area contributed by atoms with E-state index in [9.17, 15) is 9.59 Å². The Labute approximate surface area is 167 Å². The van der Waals surface area contributed by atoms with Gasteiger partial charge in [0, 0.05) is 32.4 Å². The number of nitrogens with zero attached hydrogens (tertiary/aromatic N) is 5. The van der Waals surface area contributed by atoms with Gasteiger partial charge in [-0.3, -0.25) is 19.0 Å². The molecule has 2 amide bonds. The van der Waals surface area contributed by atoms with Gasteiger partial charge in [0.1, 0.15) is 11.4 Å². The van der Waals surface area contributed by atoms with Crippen molar-refractivity contribution in [2.24, 2.45) is 7.05 Å². The quantitative estimate of drug-likeness (QED) is 0.688. The van der Waals surface area contributed by atoms with Crippen molar-refractivity contribution >= 4 is 17.6 Å². The van der Waals surface area contributed by atoms with Gasteiger partial charge in [-0.15, -0.1) is 0 Å². The highest BCUT2D eigenvalue weighted by molar-refractivity contribution is 6.10. The number of ether oxygens (including phenoxy) is 1. The highest BCUT2D eigenvalue weighted by atomic mass is 16.5. The van der Waals surface area contributed by atoms with Gasteiger partial charge in [0.05, 0.1) is 25.4 Å². The lowest BCUT2D eigenvalue weighted by Gasteiger charge is -2.30. The summed E-state index contributed by atoms with van der Waals surface area (Å²) in [5.41, 5.74) is 1.59. The van der Waals surface area contributed by atoms with Gasteiger partial charge in [-0.1, -0.05) is 12.1 Å². The molecule has 1 aromatic carbocycles.